The number of carbonyl (C=O) groups excluding carboxylic acids is 3. The molecule has 1 fully saturated rings. The topological polar surface area (TPSA) is 103 Å². The number of rotatable bonds is 7. The Morgan fingerprint density at radius 1 is 0.958 bits per heavy atom. The first kappa shape index (κ1) is 19.7. The summed E-state index contributed by atoms with van der Waals surface area (Å²) in [5, 5.41) is 9.71. The quantitative estimate of drug-likeness (QED) is 0.302. The van der Waals surface area contributed by atoms with Crippen molar-refractivity contribution in [2.75, 3.05) is 19.8 Å². The lowest BCUT2D eigenvalue weighted by atomic mass is 9.93. The Labute approximate surface area is 141 Å². The van der Waals surface area contributed by atoms with Crippen LogP contribution in [0.2, 0.25) is 0 Å². The highest BCUT2D eigenvalue weighted by Gasteiger charge is 2.91. The third kappa shape index (κ3) is 2.66. The van der Waals surface area contributed by atoms with Gasteiger partial charge in [0.2, 0.25) is 5.41 Å². The molecular formula is C17H23NO6. The SMILES string of the molecule is CCOC(=O)C1(C#N)C(C=C(C)C)C1(C(=O)OCC)C(=O)OCC. The minimum absolute atomic E-state index is 0.00582. The van der Waals surface area contributed by atoms with E-state index >= 15 is 0 Å². The molecule has 0 aliphatic heterocycles. The normalized spacial score (nSPS) is 23.4. The van der Waals surface area contributed by atoms with Crippen molar-refractivity contribution < 1.29 is 28.6 Å². The van der Waals surface area contributed by atoms with Crippen LogP contribution < -0.4 is 0 Å². The van der Waals surface area contributed by atoms with Crippen LogP contribution in [0.15, 0.2) is 11.6 Å². The minimum atomic E-state index is -2.03. The molecule has 1 aliphatic carbocycles. The summed E-state index contributed by atoms with van der Waals surface area (Å²) in [5.41, 5.74) is -3.25. The van der Waals surface area contributed by atoms with Gasteiger partial charge in [0.1, 0.15) is 0 Å². The molecule has 132 valence electrons. The number of nitriles is 1. The van der Waals surface area contributed by atoms with E-state index in [9.17, 15) is 19.6 Å². The summed E-state index contributed by atoms with van der Waals surface area (Å²) < 4.78 is 15.0. The van der Waals surface area contributed by atoms with E-state index in [1.165, 1.54) is 0 Å². The molecule has 0 bridgehead atoms. The van der Waals surface area contributed by atoms with Gasteiger partial charge >= 0.3 is 17.9 Å². The first-order chi connectivity index (χ1) is 11.3. The molecule has 0 aromatic heterocycles. The molecule has 1 saturated carbocycles. The number of ether oxygens (including phenoxy) is 3. The Kier molecular flexibility index (Phi) is 6.13. The van der Waals surface area contributed by atoms with Crippen molar-refractivity contribution in [3.63, 3.8) is 0 Å². The Balaban J connectivity index is 3.59. The van der Waals surface area contributed by atoms with Crippen molar-refractivity contribution in [2.24, 2.45) is 16.7 Å². The van der Waals surface area contributed by atoms with Crippen LogP contribution >= 0.6 is 0 Å². The van der Waals surface area contributed by atoms with Crippen molar-refractivity contribution in [1.82, 2.24) is 0 Å². The molecular weight excluding hydrogens is 314 g/mol. The molecule has 7 heteroatoms. The van der Waals surface area contributed by atoms with Gasteiger partial charge in [-0.1, -0.05) is 11.6 Å². The van der Waals surface area contributed by atoms with Gasteiger partial charge in [0.15, 0.2) is 5.41 Å². The van der Waals surface area contributed by atoms with E-state index in [2.05, 4.69) is 0 Å². The van der Waals surface area contributed by atoms with Crippen LogP contribution in [-0.4, -0.2) is 37.7 Å². The maximum atomic E-state index is 12.6. The second kappa shape index (κ2) is 7.47. The Bertz CT molecular complexity index is 581. The fourth-order valence-corrected chi connectivity index (χ4v) is 2.97. The van der Waals surface area contributed by atoms with Gasteiger partial charge in [-0.3, -0.25) is 14.4 Å². The van der Waals surface area contributed by atoms with Crippen LogP contribution in [0.3, 0.4) is 0 Å². The maximum absolute atomic E-state index is 12.6. The van der Waals surface area contributed by atoms with Gasteiger partial charge in [-0.05, 0) is 34.6 Å². The zero-order valence-corrected chi connectivity index (χ0v) is 14.7. The fourth-order valence-electron chi connectivity index (χ4n) is 2.97. The van der Waals surface area contributed by atoms with E-state index < -0.39 is 34.7 Å². The van der Waals surface area contributed by atoms with Crippen molar-refractivity contribution in [1.29, 1.82) is 5.26 Å². The standard InChI is InChI=1S/C17H23NO6/c1-6-22-13(19)16(10-18)12(9-11(4)5)17(16,14(20)23-7-2)15(21)24-8-3/h9,12H,6-8H2,1-5H3. The highest BCUT2D eigenvalue weighted by molar-refractivity contribution is 6.14. The molecule has 0 aromatic rings. The lowest BCUT2D eigenvalue weighted by Gasteiger charge is -2.17. The van der Waals surface area contributed by atoms with Gasteiger partial charge < -0.3 is 14.2 Å². The highest BCUT2D eigenvalue weighted by atomic mass is 16.6. The molecule has 0 N–H and O–H groups in total. The molecule has 0 aromatic carbocycles. The summed E-state index contributed by atoms with van der Waals surface area (Å²) in [7, 11) is 0. The van der Waals surface area contributed by atoms with Gasteiger partial charge in [-0.15, -0.1) is 0 Å². The minimum Gasteiger partial charge on any atom is -0.465 e. The van der Waals surface area contributed by atoms with Crippen molar-refractivity contribution in [3.8, 4) is 6.07 Å². The first-order valence-corrected chi connectivity index (χ1v) is 7.89. The summed E-state index contributed by atoms with van der Waals surface area (Å²) in [6, 6.07) is 1.84. The van der Waals surface area contributed by atoms with E-state index in [1.807, 2.05) is 6.07 Å². The smallest absolute Gasteiger partial charge is 0.329 e. The summed E-state index contributed by atoms with van der Waals surface area (Å²) in [4.78, 5) is 37.7. The highest BCUT2D eigenvalue weighted by Crippen LogP contribution is 2.71. The van der Waals surface area contributed by atoms with Crippen molar-refractivity contribution >= 4 is 17.9 Å². The first-order valence-electron chi connectivity index (χ1n) is 7.89. The van der Waals surface area contributed by atoms with Gasteiger partial charge in [-0.25, -0.2) is 0 Å². The van der Waals surface area contributed by atoms with Crippen molar-refractivity contribution in [2.45, 2.75) is 34.6 Å². The van der Waals surface area contributed by atoms with Gasteiger partial charge in [0, 0.05) is 5.92 Å². The van der Waals surface area contributed by atoms with Crippen LogP contribution in [-0.2, 0) is 28.6 Å². The van der Waals surface area contributed by atoms with E-state index in [0.29, 0.717) is 0 Å². The lowest BCUT2D eigenvalue weighted by molar-refractivity contribution is -0.170. The van der Waals surface area contributed by atoms with Gasteiger partial charge in [0.25, 0.3) is 0 Å². The maximum Gasteiger partial charge on any atom is 0.329 e. The number of esters is 3. The third-order valence-electron chi connectivity index (χ3n) is 3.94. The monoisotopic (exact) mass is 337 g/mol. The third-order valence-corrected chi connectivity index (χ3v) is 3.94. The zero-order chi connectivity index (χ0) is 18.5. The molecule has 1 aliphatic rings. The predicted molar refractivity (Wildman–Crippen MR) is 83.3 cm³/mol. The second-order valence-corrected chi connectivity index (χ2v) is 5.61. The van der Waals surface area contributed by atoms with Crippen molar-refractivity contribution in [3.05, 3.63) is 11.6 Å². The molecule has 24 heavy (non-hydrogen) atoms. The van der Waals surface area contributed by atoms with E-state index in [0.717, 1.165) is 5.57 Å². The van der Waals surface area contributed by atoms with Crippen LogP contribution in [0.25, 0.3) is 0 Å². The number of nitrogens with zero attached hydrogens (tertiary/aromatic N) is 1. The van der Waals surface area contributed by atoms with Crippen LogP contribution in [0.4, 0.5) is 0 Å². The molecule has 7 nitrogen and oxygen atoms in total. The Morgan fingerprint density at radius 3 is 1.71 bits per heavy atom. The van der Waals surface area contributed by atoms with E-state index in [-0.39, 0.29) is 19.8 Å². The van der Waals surface area contributed by atoms with Gasteiger partial charge in [0.05, 0.1) is 25.9 Å². The summed E-state index contributed by atoms with van der Waals surface area (Å²) in [6.45, 7) is 8.25. The summed E-state index contributed by atoms with van der Waals surface area (Å²) in [6.07, 6.45) is 1.55. The molecule has 0 saturated heterocycles. The molecule has 0 radical (unpaired) electrons. The molecule has 2 unspecified atom stereocenters. The zero-order valence-electron chi connectivity index (χ0n) is 14.7. The van der Waals surface area contributed by atoms with Crippen LogP contribution in [0, 0.1) is 28.1 Å². The Hall–Kier alpha value is -2.36. The second-order valence-electron chi connectivity index (χ2n) is 5.61. The number of hydrogen-bond acceptors (Lipinski definition) is 7. The average Bonchev–Trinajstić information content (AvgIpc) is 3.11. The number of hydrogen-bond donors (Lipinski definition) is 0. The molecule has 2 atom stereocenters. The number of carbonyl (C=O) groups is 3. The largest absolute Gasteiger partial charge is 0.465 e. The predicted octanol–water partition coefficient (Wildman–Crippen LogP) is 1.77. The molecule has 0 heterocycles. The molecule has 1 rings (SSSR count). The number of allylic oxidation sites excluding steroid dienone is 2. The van der Waals surface area contributed by atoms with Gasteiger partial charge in [-0.2, -0.15) is 5.26 Å². The van der Waals surface area contributed by atoms with Crippen LogP contribution in [0.5, 0.6) is 0 Å². The average molecular weight is 337 g/mol. The summed E-state index contributed by atoms with van der Waals surface area (Å²) >= 11 is 0. The lowest BCUT2D eigenvalue weighted by Crippen LogP contribution is -2.39. The van der Waals surface area contributed by atoms with E-state index in [4.69, 9.17) is 14.2 Å². The van der Waals surface area contributed by atoms with Crippen LogP contribution in [0.1, 0.15) is 34.6 Å². The molecule has 0 amide bonds. The fraction of sp³-hybridized carbons (Fsp3) is 0.647. The summed E-state index contributed by atoms with van der Waals surface area (Å²) in [5.74, 6) is -3.80. The molecule has 0 spiro atoms. The Morgan fingerprint density at radius 2 is 1.38 bits per heavy atom. The van der Waals surface area contributed by atoms with E-state index in [1.54, 1.807) is 40.7 Å².